The number of benzene rings is 1. The highest BCUT2D eigenvalue weighted by atomic mass is 35.5. The second-order valence-corrected chi connectivity index (χ2v) is 6.86. The molecule has 5 heteroatoms. The molecular formula is C20H20ClN3O. The molecule has 1 saturated heterocycles. The fourth-order valence-electron chi connectivity index (χ4n) is 3.32. The molecule has 0 unspecified atom stereocenters. The summed E-state index contributed by atoms with van der Waals surface area (Å²) in [5.41, 5.74) is 1.26. The Morgan fingerprint density at radius 2 is 1.92 bits per heavy atom. The van der Waals surface area contributed by atoms with Crippen molar-refractivity contribution in [1.82, 2.24) is 14.9 Å². The van der Waals surface area contributed by atoms with Gasteiger partial charge in [0.25, 0.3) is 0 Å². The first kappa shape index (κ1) is 16.3. The number of halogens is 1. The molecule has 0 radical (unpaired) electrons. The third-order valence-electron chi connectivity index (χ3n) is 4.65. The van der Waals surface area contributed by atoms with E-state index >= 15 is 0 Å². The maximum atomic E-state index is 6.36. The zero-order valence-corrected chi connectivity index (χ0v) is 14.7. The Kier molecular flexibility index (Phi) is 4.81. The van der Waals surface area contributed by atoms with Gasteiger partial charge in [-0.1, -0.05) is 17.7 Å². The quantitative estimate of drug-likeness (QED) is 0.700. The summed E-state index contributed by atoms with van der Waals surface area (Å²) in [5.74, 6) is 0.842. The second-order valence-electron chi connectivity index (χ2n) is 6.46. The fraction of sp³-hybridized carbons (Fsp3) is 0.300. The lowest BCUT2D eigenvalue weighted by atomic mass is 10.1. The number of hydrogen-bond donors (Lipinski definition) is 0. The van der Waals surface area contributed by atoms with Crippen LogP contribution in [0.15, 0.2) is 55.1 Å². The average molecular weight is 354 g/mol. The maximum Gasteiger partial charge on any atom is 0.121 e. The van der Waals surface area contributed by atoms with Crippen LogP contribution in [0.2, 0.25) is 5.02 Å². The predicted octanol–water partition coefficient (Wildman–Crippen LogP) is 4.33. The number of nitrogens with zero attached hydrogens (tertiary/aromatic N) is 3. The van der Waals surface area contributed by atoms with Crippen LogP contribution in [0, 0.1) is 0 Å². The van der Waals surface area contributed by atoms with Crippen LogP contribution in [0.25, 0.3) is 10.8 Å². The molecule has 0 N–H and O–H groups in total. The minimum Gasteiger partial charge on any atom is -0.490 e. The molecule has 2 aromatic heterocycles. The molecule has 0 aliphatic carbocycles. The van der Waals surface area contributed by atoms with E-state index in [0.29, 0.717) is 5.02 Å². The van der Waals surface area contributed by atoms with Crippen molar-refractivity contribution in [2.45, 2.75) is 25.5 Å². The third-order valence-corrected chi connectivity index (χ3v) is 4.96. The fourth-order valence-corrected chi connectivity index (χ4v) is 3.59. The summed E-state index contributed by atoms with van der Waals surface area (Å²) >= 11 is 6.36. The molecule has 4 nitrogen and oxygen atoms in total. The molecule has 0 amide bonds. The summed E-state index contributed by atoms with van der Waals surface area (Å²) in [7, 11) is 0. The van der Waals surface area contributed by atoms with Gasteiger partial charge in [-0.3, -0.25) is 14.9 Å². The van der Waals surface area contributed by atoms with Crippen LogP contribution in [0.1, 0.15) is 18.4 Å². The molecule has 3 heterocycles. The number of rotatable bonds is 4. The highest BCUT2D eigenvalue weighted by molar-refractivity contribution is 6.35. The third kappa shape index (κ3) is 3.91. The zero-order chi connectivity index (χ0) is 17.1. The van der Waals surface area contributed by atoms with E-state index in [0.717, 1.165) is 49.0 Å². The van der Waals surface area contributed by atoms with Crippen molar-refractivity contribution < 1.29 is 4.74 Å². The Labute approximate surface area is 152 Å². The second kappa shape index (κ2) is 7.38. The van der Waals surface area contributed by atoms with Gasteiger partial charge in [-0.2, -0.15) is 0 Å². The SMILES string of the molecule is Clc1cc(OC2CCN(Cc3cccnc3)CC2)cc2ccncc12. The highest BCUT2D eigenvalue weighted by Crippen LogP contribution is 2.30. The molecule has 0 spiro atoms. The molecule has 1 aliphatic rings. The summed E-state index contributed by atoms with van der Waals surface area (Å²) in [6, 6.07) is 10.0. The minimum absolute atomic E-state index is 0.237. The van der Waals surface area contributed by atoms with Crippen molar-refractivity contribution in [3.8, 4) is 5.75 Å². The minimum atomic E-state index is 0.237. The lowest BCUT2D eigenvalue weighted by molar-refractivity contribution is 0.0969. The maximum absolute atomic E-state index is 6.36. The summed E-state index contributed by atoms with van der Waals surface area (Å²) in [6.07, 6.45) is 9.60. The van der Waals surface area contributed by atoms with E-state index in [1.54, 1.807) is 12.4 Å². The zero-order valence-electron chi connectivity index (χ0n) is 13.9. The molecule has 25 heavy (non-hydrogen) atoms. The number of likely N-dealkylation sites (tertiary alicyclic amines) is 1. The molecular weight excluding hydrogens is 334 g/mol. The van der Waals surface area contributed by atoms with Crippen molar-refractivity contribution in [3.63, 3.8) is 0 Å². The van der Waals surface area contributed by atoms with Gasteiger partial charge in [0.2, 0.25) is 0 Å². The largest absolute Gasteiger partial charge is 0.490 e. The van der Waals surface area contributed by atoms with Crippen LogP contribution in [0.3, 0.4) is 0 Å². The van der Waals surface area contributed by atoms with Gasteiger partial charge in [0, 0.05) is 49.8 Å². The van der Waals surface area contributed by atoms with Crippen LogP contribution in [-0.4, -0.2) is 34.1 Å². The molecule has 0 saturated carbocycles. The van der Waals surface area contributed by atoms with Crippen LogP contribution < -0.4 is 4.74 Å². The van der Waals surface area contributed by atoms with Gasteiger partial charge in [0.05, 0.1) is 5.02 Å². The first-order chi connectivity index (χ1) is 12.3. The van der Waals surface area contributed by atoms with E-state index in [4.69, 9.17) is 16.3 Å². The normalized spacial score (nSPS) is 16.2. The average Bonchev–Trinajstić information content (AvgIpc) is 2.64. The lowest BCUT2D eigenvalue weighted by Gasteiger charge is -2.32. The van der Waals surface area contributed by atoms with Crippen molar-refractivity contribution >= 4 is 22.4 Å². The summed E-state index contributed by atoms with van der Waals surface area (Å²) in [6.45, 7) is 3.02. The highest BCUT2D eigenvalue weighted by Gasteiger charge is 2.21. The van der Waals surface area contributed by atoms with Crippen molar-refractivity contribution in [3.05, 3.63) is 65.7 Å². The molecule has 1 fully saturated rings. The van der Waals surface area contributed by atoms with Crippen molar-refractivity contribution in [1.29, 1.82) is 0 Å². The predicted molar refractivity (Wildman–Crippen MR) is 99.9 cm³/mol. The van der Waals surface area contributed by atoms with E-state index in [9.17, 15) is 0 Å². The Hall–Kier alpha value is -2.17. The van der Waals surface area contributed by atoms with Gasteiger partial charge in [0.1, 0.15) is 11.9 Å². The molecule has 1 aliphatic heterocycles. The molecule has 3 aromatic rings. The molecule has 1 aromatic carbocycles. The molecule has 0 atom stereocenters. The van der Waals surface area contributed by atoms with Gasteiger partial charge in [-0.05, 0) is 48.1 Å². The number of ether oxygens (including phenoxy) is 1. The van der Waals surface area contributed by atoms with Gasteiger partial charge in [0.15, 0.2) is 0 Å². The van der Waals surface area contributed by atoms with E-state index in [1.165, 1.54) is 5.56 Å². The van der Waals surface area contributed by atoms with E-state index in [-0.39, 0.29) is 6.10 Å². The number of aromatic nitrogens is 2. The standard InChI is InChI=1S/C20H20ClN3O/c21-20-11-18(10-16-3-7-23-13-19(16)20)25-17-4-8-24(9-5-17)14-15-2-1-6-22-12-15/h1-3,6-7,10-13,17H,4-5,8-9,14H2. The van der Waals surface area contributed by atoms with E-state index in [1.807, 2.05) is 36.7 Å². The molecule has 0 bridgehead atoms. The summed E-state index contributed by atoms with van der Waals surface area (Å²) in [5, 5.41) is 2.71. The van der Waals surface area contributed by atoms with Crippen LogP contribution in [0.5, 0.6) is 5.75 Å². The Morgan fingerprint density at radius 3 is 2.72 bits per heavy atom. The first-order valence-electron chi connectivity index (χ1n) is 8.59. The number of hydrogen-bond acceptors (Lipinski definition) is 4. The smallest absolute Gasteiger partial charge is 0.121 e. The number of fused-ring (bicyclic) bond motifs is 1. The lowest BCUT2D eigenvalue weighted by Crippen LogP contribution is -2.37. The number of pyridine rings is 2. The van der Waals surface area contributed by atoms with Gasteiger partial charge in [-0.25, -0.2) is 0 Å². The van der Waals surface area contributed by atoms with Crippen LogP contribution in [-0.2, 0) is 6.54 Å². The Bertz CT molecular complexity index is 848. The van der Waals surface area contributed by atoms with E-state index in [2.05, 4.69) is 20.9 Å². The summed E-state index contributed by atoms with van der Waals surface area (Å²) < 4.78 is 6.20. The van der Waals surface area contributed by atoms with Crippen molar-refractivity contribution in [2.24, 2.45) is 0 Å². The number of piperidine rings is 1. The Balaban J connectivity index is 1.37. The molecule has 128 valence electrons. The summed E-state index contributed by atoms with van der Waals surface area (Å²) in [4.78, 5) is 10.8. The van der Waals surface area contributed by atoms with Gasteiger partial charge < -0.3 is 4.74 Å². The Morgan fingerprint density at radius 1 is 1.08 bits per heavy atom. The van der Waals surface area contributed by atoms with E-state index < -0.39 is 0 Å². The van der Waals surface area contributed by atoms with Gasteiger partial charge >= 0.3 is 0 Å². The monoisotopic (exact) mass is 353 g/mol. The van der Waals surface area contributed by atoms with Crippen molar-refractivity contribution in [2.75, 3.05) is 13.1 Å². The molecule has 4 rings (SSSR count). The topological polar surface area (TPSA) is 38.2 Å². The van der Waals surface area contributed by atoms with Crippen LogP contribution >= 0.6 is 11.6 Å². The van der Waals surface area contributed by atoms with Gasteiger partial charge in [-0.15, -0.1) is 0 Å². The van der Waals surface area contributed by atoms with Crippen LogP contribution in [0.4, 0.5) is 0 Å². The first-order valence-corrected chi connectivity index (χ1v) is 8.97.